The van der Waals surface area contributed by atoms with Crippen LogP contribution in [0.1, 0.15) is 277 Å². The van der Waals surface area contributed by atoms with E-state index in [1.807, 2.05) is 21.1 Å². The first-order valence-corrected chi connectivity index (χ1v) is 29.0. The Hall–Kier alpha value is -0.760. The second-order valence-corrected chi connectivity index (χ2v) is 21.8. The van der Waals surface area contributed by atoms with Gasteiger partial charge < -0.3 is 19.8 Å². The Morgan fingerprint density at radius 2 is 0.857 bits per heavy atom. The zero-order valence-electron chi connectivity index (χ0n) is 42.8. The topological polar surface area (TPSA) is 105 Å². The maximum atomic E-state index is 13.0. The average Bonchev–Trinajstić information content (AvgIpc) is 3.24. The average molecular weight is 914 g/mol. The number of carbonyl (C=O) groups is 1. The van der Waals surface area contributed by atoms with E-state index in [9.17, 15) is 19.4 Å². The minimum absolute atomic E-state index is 0.0762. The Bertz CT molecular complexity index is 1040. The molecule has 0 saturated carbocycles. The molecule has 0 aromatic rings. The molecule has 0 fully saturated rings. The number of hydrogen-bond acceptors (Lipinski definition) is 5. The van der Waals surface area contributed by atoms with Crippen molar-refractivity contribution in [2.45, 2.75) is 289 Å². The number of unbranched alkanes of at least 4 members (excludes halogenated alkanes) is 36. The van der Waals surface area contributed by atoms with Gasteiger partial charge in [-0.1, -0.05) is 244 Å². The Morgan fingerprint density at radius 1 is 0.524 bits per heavy atom. The lowest BCUT2D eigenvalue weighted by molar-refractivity contribution is -0.870. The second-order valence-electron chi connectivity index (χ2n) is 20.3. The summed E-state index contributed by atoms with van der Waals surface area (Å²) in [5.74, 6) is -0.144. The molecule has 1 amide bonds. The summed E-state index contributed by atoms with van der Waals surface area (Å²) < 4.78 is 23.8. The molecule has 8 nitrogen and oxygen atoms in total. The van der Waals surface area contributed by atoms with E-state index in [0.717, 1.165) is 38.5 Å². The number of phosphoric acid groups is 1. The molecule has 0 aliphatic carbocycles. The lowest BCUT2D eigenvalue weighted by Gasteiger charge is -2.26. The monoisotopic (exact) mass is 914 g/mol. The van der Waals surface area contributed by atoms with Crippen molar-refractivity contribution in [1.29, 1.82) is 0 Å². The third kappa shape index (κ3) is 49.0. The maximum absolute atomic E-state index is 13.0. The number of amides is 1. The molecule has 3 unspecified atom stereocenters. The van der Waals surface area contributed by atoms with Crippen molar-refractivity contribution in [2.24, 2.45) is 0 Å². The van der Waals surface area contributed by atoms with Crippen LogP contribution >= 0.6 is 7.82 Å². The normalized spacial score (nSPS) is 14.1. The number of nitrogens with one attached hydrogen (secondary N) is 1. The molecule has 0 heterocycles. The van der Waals surface area contributed by atoms with Crippen molar-refractivity contribution < 1.29 is 32.9 Å². The molecular weight excluding hydrogens is 804 g/mol. The number of nitrogens with zero attached hydrogens (tertiary/aromatic N) is 1. The Kier molecular flexibility index (Phi) is 45.8. The summed E-state index contributed by atoms with van der Waals surface area (Å²) in [6.07, 6.45) is 55.4. The predicted molar refractivity (Wildman–Crippen MR) is 272 cm³/mol. The predicted octanol–water partition coefficient (Wildman–Crippen LogP) is 16.3. The highest BCUT2D eigenvalue weighted by Gasteiger charge is 2.28. The molecule has 0 rings (SSSR count). The molecule has 0 radical (unpaired) electrons. The quantitative estimate of drug-likeness (QED) is 0.0243. The van der Waals surface area contributed by atoms with E-state index in [-0.39, 0.29) is 19.1 Å². The fourth-order valence-electron chi connectivity index (χ4n) is 8.40. The van der Waals surface area contributed by atoms with Crippen LogP contribution in [-0.4, -0.2) is 73.4 Å². The van der Waals surface area contributed by atoms with Crippen LogP contribution in [0.4, 0.5) is 0 Å². The summed E-state index contributed by atoms with van der Waals surface area (Å²) in [7, 11) is 1.63. The summed E-state index contributed by atoms with van der Waals surface area (Å²) in [6.45, 7) is 4.93. The number of carbonyl (C=O) groups excluding carboxylic acids is 1. The first-order chi connectivity index (χ1) is 30.5. The third-order valence-corrected chi connectivity index (χ3v) is 13.7. The van der Waals surface area contributed by atoms with Crippen molar-refractivity contribution >= 4 is 13.7 Å². The number of quaternary nitrogens is 1. The van der Waals surface area contributed by atoms with Gasteiger partial charge in [0.25, 0.3) is 0 Å². The van der Waals surface area contributed by atoms with Crippen LogP contribution < -0.4 is 5.32 Å². The maximum Gasteiger partial charge on any atom is 0.472 e. The first kappa shape index (κ1) is 62.2. The summed E-state index contributed by atoms with van der Waals surface area (Å²) in [5.41, 5.74) is 0. The summed E-state index contributed by atoms with van der Waals surface area (Å²) >= 11 is 0. The molecule has 0 saturated heterocycles. The van der Waals surface area contributed by atoms with Crippen LogP contribution in [0.2, 0.25) is 0 Å². The lowest BCUT2D eigenvalue weighted by Crippen LogP contribution is -2.46. The van der Waals surface area contributed by atoms with Crippen LogP contribution in [0.15, 0.2) is 12.2 Å². The smallest absolute Gasteiger partial charge is 0.391 e. The van der Waals surface area contributed by atoms with Crippen LogP contribution in [0.5, 0.6) is 0 Å². The summed E-state index contributed by atoms with van der Waals surface area (Å²) in [4.78, 5) is 23.3. The number of allylic oxidation sites excluding steroid dienone is 2. The van der Waals surface area contributed by atoms with Gasteiger partial charge in [0.1, 0.15) is 13.2 Å². The highest BCUT2D eigenvalue weighted by Crippen LogP contribution is 2.43. The first-order valence-electron chi connectivity index (χ1n) is 27.6. The van der Waals surface area contributed by atoms with E-state index in [1.54, 1.807) is 0 Å². The second kappa shape index (κ2) is 46.4. The van der Waals surface area contributed by atoms with E-state index >= 15 is 0 Å². The minimum Gasteiger partial charge on any atom is -0.391 e. The number of hydrogen-bond donors (Lipinski definition) is 3. The van der Waals surface area contributed by atoms with Gasteiger partial charge in [0, 0.05) is 6.42 Å². The Labute approximate surface area is 392 Å². The number of aliphatic hydroxyl groups excluding tert-OH is 1. The SMILES string of the molecule is CCCCCCCCCCC/C=C\CCCCCCCCCC(=O)NC(COP(=O)(O)OCC[N+](C)(C)C)C(O)CCCCCCCCCCCCCCCCCCCCCCC. The van der Waals surface area contributed by atoms with Crippen molar-refractivity contribution in [3.05, 3.63) is 12.2 Å². The zero-order valence-corrected chi connectivity index (χ0v) is 43.7. The molecule has 63 heavy (non-hydrogen) atoms. The zero-order chi connectivity index (χ0) is 46.4. The van der Waals surface area contributed by atoms with Crippen LogP contribution in [-0.2, 0) is 18.4 Å². The molecule has 0 aliphatic rings. The van der Waals surface area contributed by atoms with E-state index in [4.69, 9.17) is 9.05 Å². The van der Waals surface area contributed by atoms with Crippen LogP contribution in [0.25, 0.3) is 0 Å². The van der Waals surface area contributed by atoms with Gasteiger partial charge >= 0.3 is 7.82 Å². The van der Waals surface area contributed by atoms with E-state index < -0.39 is 20.0 Å². The van der Waals surface area contributed by atoms with Gasteiger partial charge in [-0.25, -0.2) is 4.57 Å². The largest absolute Gasteiger partial charge is 0.472 e. The fraction of sp³-hybridized carbons (Fsp3) is 0.944. The standard InChI is InChI=1S/C54H109N2O6P/c1-6-8-10-12-14-16-18-20-22-24-26-28-29-31-33-35-37-39-41-43-45-47-53(57)52(51-62-63(59,60)61-50-49-56(3,4)5)55-54(58)48-46-44-42-40-38-36-34-32-30-27-25-23-21-19-17-15-13-11-9-7-2/h27,30,52-53,57H,6-26,28-29,31-51H2,1-5H3,(H-,55,58,59,60)/p+1/b30-27-. The van der Waals surface area contributed by atoms with Crippen LogP contribution in [0, 0.1) is 0 Å². The van der Waals surface area contributed by atoms with Crippen molar-refractivity contribution in [1.82, 2.24) is 5.32 Å². The molecule has 9 heteroatoms. The molecule has 0 aliphatic heterocycles. The molecular formula is C54H110N2O6P+. The summed E-state index contributed by atoms with van der Waals surface area (Å²) in [6, 6.07) is -0.760. The molecule has 3 N–H and O–H groups in total. The van der Waals surface area contributed by atoms with Gasteiger partial charge in [-0.3, -0.25) is 13.8 Å². The highest BCUT2D eigenvalue weighted by molar-refractivity contribution is 7.47. The van der Waals surface area contributed by atoms with Gasteiger partial charge in [-0.2, -0.15) is 0 Å². The van der Waals surface area contributed by atoms with Gasteiger partial charge in [0.2, 0.25) is 5.91 Å². The molecule has 3 atom stereocenters. The highest BCUT2D eigenvalue weighted by atomic mass is 31.2. The number of aliphatic hydroxyl groups is 1. The van der Waals surface area contributed by atoms with Gasteiger partial charge in [-0.15, -0.1) is 0 Å². The van der Waals surface area contributed by atoms with Crippen LogP contribution in [0.3, 0.4) is 0 Å². The summed E-state index contributed by atoms with van der Waals surface area (Å²) in [5, 5.41) is 14.1. The molecule has 0 aromatic heterocycles. The minimum atomic E-state index is -4.32. The number of likely N-dealkylation sites (N-methyl/N-ethyl adjacent to an activating group) is 1. The molecule has 0 spiro atoms. The van der Waals surface area contributed by atoms with E-state index in [2.05, 4.69) is 31.3 Å². The van der Waals surface area contributed by atoms with E-state index in [0.29, 0.717) is 23.9 Å². The molecule has 0 aromatic carbocycles. The molecule has 0 bridgehead atoms. The van der Waals surface area contributed by atoms with E-state index in [1.165, 1.54) is 212 Å². The number of rotatable bonds is 51. The fourth-order valence-corrected chi connectivity index (χ4v) is 9.13. The number of phosphoric ester groups is 1. The van der Waals surface area contributed by atoms with Crippen molar-refractivity contribution in [3.8, 4) is 0 Å². The Balaban J connectivity index is 4.20. The lowest BCUT2D eigenvalue weighted by atomic mass is 10.0. The van der Waals surface area contributed by atoms with Gasteiger partial charge in [0.15, 0.2) is 0 Å². The van der Waals surface area contributed by atoms with Crippen molar-refractivity contribution in [3.63, 3.8) is 0 Å². The third-order valence-electron chi connectivity index (χ3n) is 12.8. The Morgan fingerprint density at radius 3 is 1.22 bits per heavy atom. The van der Waals surface area contributed by atoms with Gasteiger partial charge in [0.05, 0.1) is 39.9 Å². The van der Waals surface area contributed by atoms with Crippen molar-refractivity contribution in [2.75, 3.05) is 40.9 Å². The molecule has 376 valence electrons. The van der Waals surface area contributed by atoms with Gasteiger partial charge in [-0.05, 0) is 38.5 Å².